The minimum Gasteiger partial charge on any atom is -0.393 e. The van der Waals surface area contributed by atoms with Gasteiger partial charge in [-0.2, -0.15) is 0 Å². The van der Waals surface area contributed by atoms with Gasteiger partial charge in [-0.3, -0.25) is 0 Å². The number of aliphatic hydroxyl groups is 2. The molecular weight excluding hydrogens is 135 g/mol. The molecule has 0 unspecified atom stereocenters. The quantitative estimate of drug-likeness (QED) is 0.620. The molecule has 0 aromatic heterocycles. The molecular formula is C7H15FO2. The zero-order valence-corrected chi connectivity index (χ0v) is 6.47. The molecule has 0 saturated heterocycles. The smallest absolute Gasteiger partial charge is 0.159 e. The summed E-state index contributed by atoms with van der Waals surface area (Å²) in [6.45, 7) is 2.30. The first-order chi connectivity index (χ1) is 4.60. The fourth-order valence-corrected chi connectivity index (χ4v) is 0.728. The van der Waals surface area contributed by atoms with Crippen LogP contribution in [0.15, 0.2) is 0 Å². The average Bonchev–Trinajstić information content (AvgIpc) is 2.01. The van der Waals surface area contributed by atoms with E-state index in [1.807, 2.05) is 6.92 Å². The van der Waals surface area contributed by atoms with Gasteiger partial charge >= 0.3 is 0 Å². The second-order valence-electron chi connectivity index (χ2n) is 2.66. The Morgan fingerprint density at radius 2 is 1.80 bits per heavy atom. The van der Waals surface area contributed by atoms with Crippen LogP contribution < -0.4 is 0 Å². The van der Waals surface area contributed by atoms with Crippen LogP contribution in [0.2, 0.25) is 0 Å². The lowest BCUT2D eigenvalue weighted by atomic mass is 9.90. The van der Waals surface area contributed by atoms with Crippen molar-refractivity contribution in [2.75, 3.05) is 13.2 Å². The van der Waals surface area contributed by atoms with E-state index in [4.69, 9.17) is 10.2 Å². The van der Waals surface area contributed by atoms with Crippen molar-refractivity contribution in [3.63, 3.8) is 0 Å². The van der Waals surface area contributed by atoms with Crippen molar-refractivity contribution in [3.05, 3.63) is 0 Å². The maximum Gasteiger partial charge on any atom is 0.159 e. The first-order valence-corrected chi connectivity index (χ1v) is 3.51. The van der Waals surface area contributed by atoms with Crippen LogP contribution in [0.4, 0.5) is 4.39 Å². The van der Waals surface area contributed by atoms with Gasteiger partial charge in [0.05, 0.1) is 13.2 Å². The topological polar surface area (TPSA) is 40.5 Å². The van der Waals surface area contributed by atoms with Crippen LogP contribution in [0.3, 0.4) is 0 Å². The molecule has 1 atom stereocenters. The van der Waals surface area contributed by atoms with Crippen LogP contribution in [0.5, 0.6) is 0 Å². The van der Waals surface area contributed by atoms with E-state index in [1.165, 1.54) is 0 Å². The van der Waals surface area contributed by atoms with E-state index >= 15 is 0 Å². The molecule has 2 N–H and O–H groups in total. The van der Waals surface area contributed by atoms with Crippen molar-refractivity contribution in [1.82, 2.24) is 0 Å². The van der Waals surface area contributed by atoms with E-state index in [0.29, 0.717) is 6.42 Å². The molecule has 0 radical (unpaired) electrons. The fourth-order valence-electron chi connectivity index (χ4n) is 0.728. The maximum atomic E-state index is 13.1. The van der Waals surface area contributed by atoms with Crippen molar-refractivity contribution in [1.29, 1.82) is 0 Å². The molecule has 0 aromatic rings. The highest BCUT2D eigenvalue weighted by molar-refractivity contribution is 4.82. The van der Waals surface area contributed by atoms with Gasteiger partial charge in [0.25, 0.3) is 0 Å². The van der Waals surface area contributed by atoms with E-state index in [1.54, 1.807) is 6.92 Å². The fraction of sp³-hybridized carbons (Fsp3) is 1.00. The van der Waals surface area contributed by atoms with Crippen LogP contribution in [-0.2, 0) is 0 Å². The zero-order valence-electron chi connectivity index (χ0n) is 6.47. The number of hydrogen-bond donors (Lipinski definition) is 2. The first-order valence-electron chi connectivity index (χ1n) is 3.51. The van der Waals surface area contributed by atoms with Crippen molar-refractivity contribution in [3.8, 4) is 0 Å². The maximum absolute atomic E-state index is 13.1. The summed E-state index contributed by atoms with van der Waals surface area (Å²) < 4.78 is 13.1. The summed E-state index contributed by atoms with van der Waals surface area (Å²) in [4.78, 5) is 0. The van der Waals surface area contributed by atoms with Gasteiger partial charge in [-0.25, -0.2) is 4.39 Å². The van der Waals surface area contributed by atoms with Crippen LogP contribution in [-0.4, -0.2) is 29.1 Å². The van der Waals surface area contributed by atoms with E-state index in [0.717, 1.165) is 0 Å². The Morgan fingerprint density at radius 3 is 1.90 bits per heavy atom. The Bertz CT molecular complexity index is 91.6. The monoisotopic (exact) mass is 150 g/mol. The van der Waals surface area contributed by atoms with Gasteiger partial charge in [0.2, 0.25) is 0 Å². The third-order valence-corrected chi connectivity index (χ3v) is 2.02. The highest BCUT2D eigenvalue weighted by Crippen LogP contribution is 2.23. The molecule has 2 nitrogen and oxygen atoms in total. The molecule has 0 aliphatic heterocycles. The number of halogens is 1. The van der Waals surface area contributed by atoms with Crippen molar-refractivity contribution in [2.24, 2.45) is 5.92 Å². The lowest BCUT2D eigenvalue weighted by Gasteiger charge is -2.26. The SMILES string of the molecule is CC[C@H](C)C(F)(CO)CO. The predicted octanol–water partition coefficient (Wildman–Crippen LogP) is 0.725. The summed E-state index contributed by atoms with van der Waals surface area (Å²) >= 11 is 0. The summed E-state index contributed by atoms with van der Waals surface area (Å²) in [6, 6.07) is 0. The Balaban J connectivity index is 4.02. The minimum absolute atomic E-state index is 0.289. The second kappa shape index (κ2) is 3.88. The van der Waals surface area contributed by atoms with Gasteiger partial charge in [-0.15, -0.1) is 0 Å². The van der Waals surface area contributed by atoms with E-state index in [-0.39, 0.29) is 5.92 Å². The number of aliphatic hydroxyl groups excluding tert-OH is 2. The number of hydrogen-bond acceptors (Lipinski definition) is 2. The minimum atomic E-state index is -1.80. The van der Waals surface area contributed by atoms with Gasteiger partial charge < -0.3 is 10.2 Å². The second-order valence-corrected chi connectivity index (χ2v) is 2.66. The summed E-state index contributed by atoms with van der Waals surface area (Å²) in [5.74, 6) is -0.289. The molecule has 0 amide bonds. The van der Waals surface area contributed by atoms with Crippen LogP contribution >= 0.6 is 0 Å². The Hall–Kier alpha value is -0.150. The molecule has 0 aromatic carbocycles. The van der Waals surface area contributed by atoms with Crippen molar-refractivity contribution >= 4 is 0 Å². The summed E-state index contributed by atoms with van der Waals surface area (Å²) in [5, 5.41) is 17.1. The van der Waals surface area contributed by atoms with Crippen molar-refractivity contribution in [2.45, 2.75) is 25.9 Å². The summed E-state index contributed by atoms with van der Waals surface area (Å²) in [7, 11) is 0. The first kappa shape index (κ1) is 9.85. The van der Waals surface area contributed by atoms with Gasteiger partial charge in [0.1, 0.15) is 0 Å². The third-order valence-electron chi connectivity index (χ3n) is 2.02. The van der Waals surface area contributed by atoms with Crippen molar-refractivity contribution < 1.29 is 14.6 Å². The third kappa shape index (κ3) is 1.92. The van der Waals surface area contributed by atoms with Gasteiger partial charge in [0.15, 0.2) is 5.67 Å². The molecule has 0 heterocycles. The molecule has 0 aliphatic rings. The van der Waals surface area contributed by atoms with Crippen LogP contribution in [0.1, 0.15) is 20.3 Å². The molecule has 0 saturated carbocycles. The Labute approximate surface area is 60.7 Å². The zero-order chi connectivity index (χ0) is 8.20. The standard InChI is InChI=1S/C7H15FO2/c1-3-6(2)7(8,4-9)5-10/h6,9-10H,3-5H2,1-2H3/t6-/m0/s1. The van der Waals surface area contributed by atoms with Crippen LogP contribution in [0.25, 0.3) is 0 Å². The molecule has 0 spiro atoms. The summed E-state index contributed by atoms with van der Waals surface area (Å²) in [6.07, 6.45) is 0.623. The van der Waals surface area contributed by atoms with Gasteiger partial charge in [0, 0.05) is 0 Å². The largest absolute Gasteiger partial charge is 0.393 e. The highest BCUT2D eigenvalue weighted by atomic mass is 19.1. The number of rotatable bonds is 4. The van der Waals surface area contributed by atoms with Gasteiger partial charge in [-0.1, -0.05) is 20.3 Å². The highest BCUT2D eigenvalue weighted by Gasteiger charge is 2.33. The molecule has 0 rings (SSSR count). The average molecular weight is 150 g/mol. The van der Waals surface area contributed by atoms with Crippen LogP contribution in [0, 0.1) is 5.92 Å². The van der Waals surface area contributed by atoms with E-state index < -0.39 is 18.9 Å². The van der Waals surface area contributed by atoms with Gasteiger partial charge in [-0.05, 0) is 5.92 Å². The Morgan fingerprint density at radius 1 is 1.40 bits per heavy atom. The Kier molecular flexibility index (Phi) is 3.83. The summed E-state index contributed by atoms with van der Waals surface area (Å²) in [5.41, 5.74) is -1.80. The number of alkyl halides is 1. The molecule has 0 aliphatic carbocycles. The van der Waals surface area contributed by atoms with E-state index in [2.05, 4.69) is 0 Å². The molecule has 3 heteroatoms. The normalized spacial score (nSPS) is 15.3. The lowest BCUT2D eigenvalue weighted by molar-refractivity contribution is -0.0251. The molecule has 0 fully saturated rings. The lowest BCUT2D eigenvalue weighted by Crippen LogP contribution is -2.39. The molecule has 10 heavy (non-hydrogen) atoms. The molecule has 62 valence electrons. The predicted molar refractivity (Wildman–Crippen MR) is 37.5 cm³/mol. The van der Waals surface area contributed by atoms with E-state index in [9.17, 15) is 4.39 Å². The molecule has 0 bridgehead atoms.